The predicted octanol–water partition coefficient (Wildman–Crippen LogP) is 1.58. The van der Waals surface area contributed by atoms with E-state index in [1.165, 1.54) is 0 Å². The molecule has 4 nitrogen and oxygen atoms in total. The zero-order valence-corrected chi connectivity index (χ0v) is 12.0. The zero-order chi connectivity index (χ0) is 12.8. The lowest BCUT2D eigenvalue weighted by Crippen LogP contribution is -2.35. The molecule has 0 aromatic carbocycles. The van der Waals surface area contributed by atoms with Crippen LogP contribution in [0.1, 0.15) is 39.5 Å². The van der Waals surface area contributed by atoms with Crippen LogP contribution in [0.25, 0.3) is 0 Å². The minimum absolute atomic E-state index is 0.00241. The second kappa shape index (κ2) is 6.99. The molecule has 0 aromatic heterocycles. The highest BCUT2D eigenvalue weighted by atomic mass is 79.9. The monoisotopic (exact) mass is 304 g/mol. The molecule has 98 valence electrons. The molecule has 0 spiro atoms. The molecule has 0 saturated heterocycles. The average molecular weight is 305 g/mol. The van der Waals surface area contributed by atoms with Gasteiger partial charge in [-0.3, -0.25) is 9.59 Å². The van der Waals surface area contributed by atoms with Crippen molar-refractivity contribution in [3.63, 3.8) is 0 Å². The van der Waals surface area contributed by atoms with Gasteiger partial charge in [0.1, 0.15) is 0 Å². The SMILES string of the molecule is CC(C)C(Br)C(=O)NCCCC(=O)NC1CC1. The molecule has 0 bridgehead atoms. The molecule has 1 aliphatic rings. The van der Waals surface area contributed by atoms with Crippen molar-refractivity contribution in [1.82, 2.24) is 10.6 Å². The standard InChI is InChI=1S/C12H21BrN2O2/c1-8(2)11(13)12(17)14-7-3-4-10(16)15-9-5-6-9/h8-9,11H,3-7H2,1-2H3,(H,14,17)(H,15,16). The summed E-state index contributed by atoms with van der Waals surface area (Å²) < 4.78 is 0. The Morgan fingerprint density at radius 3 is 2.53 bits per heavy atom. The first kappa shape index (κ1) is 14.5. The van der Waals surface area contributed by atoms with Crippen LogP contribution in [0.3, 0.4) is 0 Å². The molecule has 0 aliphatic heterocycles. The third kappa shape index (κ3) is 6.05. The van der Waals surface area contributed by atoms with Gasteiger partial charge >= 0.3 is 0 Å². The van der Waals surface area contributed by atoms with Gasteiger partial charge in [-0.1, -0.05) is 29.8 Å². The summed E-state index contributed by atoms with van der Waals surface area (Å²) in [4.78, 5) is 22.8. The van der Waals surface area contributed by atoms with E-state index in [1.54, 1.807) is 0 Å². The Labute approximate surface area is 111 Å². The molecule has 0 heterocycles. The van der Waals surface area contributed by atoms with Gasteiger partial charge in [0.05, 0.1) is 4.83 Å². The highest BCUT2D eigenvalue weighted by Crippen LogP contribution is 2.18. The zero-order valence-electron chi connectivity index (χ0n) is 10.5. The normalized spacial score (nSPS) is 16.7. The summed E-state index contributed by atoms with van der Waals surface area (Å²) in [5.74, 6) is 0.372. The number of alkyl halides is 1. The molecule has 0 aromatic rings. The van der Waals surface area contributed by atoms with Crippen LogP contribution in [0.2, 0.25) is 0 Å². The topological polar surface area (TPSA) is 58.2 Å². The van der Waals surface area contributed by atoms with E-state index >= 15 is 0 Å². The number of nitrogens with one attached hydrogen (secondary N) is 2. The minimum Gasteiger partial charge on any atom is -0.355 e. The number of hydrogen-bond acceptors (Lipinski definition) is 2. The molecule has 2 N–H and O–H groups in total. The van der Waals surface area contributed by atoms with Crippen molar-refractivity contribution < 1.29 is 9.59 Å². The first-order valence-electron chi connectivity index (χ1n) is 6.22. The van der Waals surface area contributed by atoms with Gasteiger partial charge in [0.15, 0.2) is 0 Å². The summed E-state index contributed by atoms with van der Waals surface area (Å²) in [5.41, 5.74) is 0. The Bertz CT molecular complexity index is 278. The second-order valence-electron chi connectivity index (χ2n) is 4.88. The van der Waals surface area contributed by atoms with Gasteiger partial charge in [0.2, 0.25) is 11.8 Å². The van der Waals surface area contributed by atoms with E-state index in [1.807, 2.05) is 13.8 Å². The maximum atomic E-state index is 11.6. The summed E-state index contributed by atoms with van der Waals surface area (Å²) in [6, 6.07) is 0.421. The van der Waals surface area contributed by atoms with Crippen LogP contribution >= 0.6 is 15.9 Å². The number of hydrogen-bond donors (Lipinski definition) is 2. The van der Waals surface area contributed by atoms with Crippen LogP contribution in [0, 0.1) is 5.92 Å². The van der Waals surface area contributed by atoms with Crippen LogP contribution in [0.15, 0.2) is 0 Å². The smallest absolute Gasteiger partial charge is 0.234 e. The third-order valence-electron chi connectivity index (χ3n) is 2.66. The van der Waals surface area contributed by atoms with Gasteiger partial charge in [-0.15, -0.1) is 0 Å². The summed E-state index contributed by atoms with van der Waals surface area (Å²) in [7, 11) is 0. The van der Waals surface area contributed by atoms with Crippen molar-refractivity contribution in [3.8, 4) is 0 Å². The quantitative estimate of drug-likeness (QED) is 0.554. The lowest BCUT2D eigenvalue weighted by Gasteiger charge is -2.13. The molecule has 1 aliphatic carbocycles. The van der Waals surface area contributed by atoms with Crippen molar-refractivity contribution in [3.05, 3.63) is 0 Å². The van der Waals surface area contributed by atoms with Crippen molar-refractivity contribution in [2.45, 2.75) is 50.4 Å². The van der Waals surface area contributed by atoms with Gasteiger partial charge in [-0.2, -0.15) is 0 Å². The Hall–Kier alpha value is -0.580. The van der Waals surface area contributed by atoms with E-state index in [0.29, 0.717) is 25.4 Å². The Balaban J connectivity index is 2.02. The maximum absolute atomic E-state index is 11.6. The fourth-order valence-corrected chi connectivity index (χ4v) is 1.55. The van der Waals surface area contributed by atoms with Crippen LogP contribution < -0.4 is 10.6 Å². The predicted molar refractivity (Wildman–Crippen MR) is 71.0 cm³/mol. The molecule has 1 atom stereocenters. The molecule has 17 heavy (non-hydrogen) atoms. The minimum atomic E-state index is -0.150. The molecule has 1 unspecified atom stereocenters. The molecular formula is C12H21BrN2O2. The van der Waals surface area contributed by atoms with Crippen molar-refractivity contribution >= 4 is 27.7 Å². The maximum Gasteiger partial charge on any atom is 0.234 e. The van der Waals surface area contributed by atoms with Gasteiger partial charge in [-0.25, -0.2) is 0 Å². The van der Waals surface area contributed by atoms with E-state index in [0.717, 1.165) is 12.8 Å². The fourth-order valence-electron chi connectivity index (χ4n) is 1.39. The Morgan fingerprint density at radius 2 is 2.00 bits per heavy atom. The highest BCUT2D eigenvalue weighted by Gasteiger charge is 2.23. The molecule has 5 heteroatoms. The molecule has 1 saturated carbocycles. The van der Waals surface area contributed by atoms with Crippen molar-refractivity contribution in [2.24, 2.45) is 5.92 Å². The highest BCUT2D eigenvalue weighted by molar-refractivity contribution is 9.10. The third-order valence-corrected chi connectivity index (χ3v) is 4.13. The van der Waals surface area contributed by atoms with Crippen LogP contribution in [-0.4, -0.2) is 29.2 Å². The number of carbonyl (C=O) groups excluding carboxylic acids is 2. The number of halogens is 1. The van der Waals surface area contributed by atoms with E-state index in [2.05, 4.69) is 26.6 Å². The van der Waals surface area contributed by atoms with Gasteiger partial charge < -0.3 is 10.6 Å². The number of carbonyl (C=O) groups is 2. The molecule has 0 radical (unpaired) electrons. The van der Waals surface area contributed by atoms with Crippen LogP contribution in [-0.2, 0) is 9.59 Å². The number of amides is 2. The van der Waals surface area contributed by atoms with E-state index in [-0.39, 0.29) is 22.6 Å². The lowest BCUT2D eigenvalue weighted by molar-refractivity contribution is -0.123. The first-order valence-corrected chi connectivity index (χ1v) is 7.13. The summed E-state index contributed by atoms with van der Waals surface area (Å²) >= 11 is 3.34. The Kier molecular flexibility index (Phi) is 5.95. The Morgan fingerprint density at radius 1 is 1.35 bits per heavy atom. The molecule has 1 fully saturated rings. The van der Waals surface area contributed by atoms with E-state index in [4.69, 9.17) is 0 Å². The van der Waals surface area contributed by atoms with Gasteiger partial charge in [-0.05, 0) is 25.2 Å². The second-order valence-corrected chi connectivity index (χ2v) is 5.87. The summed E-state index contributed by atoms with van der Waals surface area (Å²) in [6.45, 7) is 4.54. The van der Waals surface area contributed by atoms with Gasteiger partial charge in [0.25, 0.3) is 0 Å². The van der Waals surface area contributed by atoms with E-state index in [9.17, 15) is 9.59 Å². The summed E-state index contributed by atoms with van der Waals surface area (Å²) in [5, 5.41) is 5.74. The fraction of sp³-hybridized carbons (Fsp3) is 0.833. The van der Waals surface area contributed by atoms with Crippen LogP contribution in [0.5, 0.6) is 0 Å². The first-order chi connectivity index (χ1) is 8.00. The van der Waals surface area contributed by atoms with Crippen LogP contribution in [0.4, 0.5) is 0 Å². The molecule has 2 amide bonds. The van der Waals surface area contributed by atoms with Crippen molar-refractivity contribution in [1.29, 1.82) is 0 Å². The molecular weight excluding hydrogens is 284 g/mol. The average Bonchev–Trinajstić information content (AvgIpc) is 3.06. The van der Waals surface area contributed by atoms with Gasteiger partial charge in [0, 0.05) is 19.0 Å². The van der Waals surface area contributed by atoms with Crippen molar-refractivity contribution in [2.75, 3.05) is 6.54 Å². The number of rotatable bonds is 7. The lowest BCUT2D eigenvalue weighted by atomic mass is 10.1. The largest absolute Gasteiger partial charge is 0.355 e. The van der Waals surface area contributed by atoms with E-state index < -0.39 is 0 Å². The molecule has 1 rings (SSSR count). The summed E-state index contributed by atoms with van der Waals surface area (Å²) in [6.07, 6.45) is 3.41.